The third kappa shape index (κ3) is 3.78. The van der Waals surface area contributed by atoms with Gasteiger partial charge in [0.05, 0.1) is 0 Å². The average molecular weight is 288 g/mol. The van der Waals surface area contributed by atoms with Gasteiger partial charge in [0.15, 0.2) is 0 Å². The SMILES string of the molecule is CCC1CCN(CC2Cc3ccccc3O2)CCC(C)N1. The molecule has 116 valence electrons. The fraction of sp³-hybridized carbons (Fsp3) is 0.667. The molecule has 3 atom stereocenters. The number of para-hydroxylation sites is 1. The van der Waals surface area contributed by atoms with Crippen LogP contribution in [0.15, 0.2) is 24.3 Å². The smallest absolute Gasteiger partial charge is 0.123 e. The first-order chi connectivity index (χ1) is 10.2. The maximum absolute atomic E-state index is 6.10. The van der Waals surface area contributed by atoms with Crippen LogP contribution in [-0.4, -0.2) is 42.7 Å². The molecule has 1 aromatic rings. The molecule has 0 aliphatic carbocycles. The van der Waals surface area contributed by atoms with Gasteiger partial charge in [0.2, 0.25) is 0 Å². The van der Waals surface area contributed by atoms with E-state index in [1.807, 2.05) is 0 Å². The number of rotatable bonds is 3. The topological polar surface area (TPSA) is 24.5 Å². The van der Waals surface area contributed by atoms with Crippen molar-refractivity contribution in [2.45, 2.75) is 57.7 Å². The van der Waals surface area contributed by atoms with Crippen molar-refractivity contribution in [3.8, 4) is 5.75 Å². The summed E-state index contributed by atoms with van der Waals surface area (Å²) < 4.78 is 6.10. The number of nitrogens with one attached hydrogen (secondary N) is 1. The average Bonchev–Trinajstić information content (AvgIpc) is 2.88. The summed E-state index contributed by atoms with van der Waals surface area (Å²) in [6.07, 6.45) is 5.11. The largest absolute Gasteiger partial charge is 0.488 e. The van der Waals surface area contributed by atoms with Gasteiger partial charge in [-0.2, -0.15) is 0 Å². The molecular weight excluding hydrogens is 260 g/mol. The second-order valence-corrected chi connectivity index (χ2v) is 6.60. The standard InChI is InChI=1S/C18H28N2O/c1-3-16-9-11-20(10-8-14(2)19-16)13-17-12-15-6-4-5-7-18(15)21-17/h4-7,14,16-17,19H,3,8-13H2,1-2H3. The summed E-state index contributed by atoms with van der Waals surface area (Å²) in [5.74, 6) is 1.09. The van der Waals surface area contributed by atoms with E-state index in [1.165, 1.54) is 37.9 Å². The van der Waals surface area contributed by atoms with E-state index in [9.17, 15) is 0 Å². The van der Waals surface area contributed by atoms with E-state index in [1.54, 1.807) is 0 Å². The molecule has 2 heterocycles. The van der Waals surface area contributed by atoms with E-state index in [4.69, 9.17) is 4.74 Å². The van der Waals surface area contributed by atoms with Crippen LogP contribution in [0.25, 0.3) is 0 Å². The van der Waals surface area contributed by atoms with Crippen LogP contribution in [0.4, 0.5) is 0 Å². The minimum absolute atomic E-state index is 0.338. The van der Waals surface area contributed by atoms with Crippen molar-refractivity contribution >= 4 is 0 Å². The highest BCUT2D eigenvalue weighted by atomic mass is 16.5. The maximum Gasteiger partial charge on any atom is 0.123 e. The van der Waals surface area contributed by atoms with Crippen LogP contribution in [-0.2, 0) is 6.42 Å². The molecule has 21 heavy (non-hydrogen) atoms. The molecule has 0 radical (unpaired) electrons. The van der Waals surface area contributed by atoms with Gasteiger partial charge >= 0.3 is 0 Å². The quantitative estimate of drug-likeness (QED) is 0.925. The second kappa shape index (κ2) is 6.80. The van der Waals surface area contributed by atoms with E-state index in [-0.39, 0.29) is 0 Å². The van der Waals surface area contributed by atoms with Gasteiger partial charge in [0, 0.05) is 25.0 Å². The van der Waals surface area contributed by atoms with E-state index in [2.05, 4.69) is 48.3 Å². The van der Waals surface area contributed by atoms with Gasteiger partial charge in [0.1, 0.15) is 11.9 Å². The predicted octanol–water partition coefficient (Wildman–Crippen LogP) is 2.84. The fourth-order valence-electron chi connectivity index (χ4n) is 3.54. The third-order valence-electron chi connectivity index (χ3n) is 4.86. The predicted molar refractivity (Wildman–Crippen MR) is 86.9 cm³/mol. The molecule has 3 unspecified atom stereocenters. The number of ether oxygens (including phenoxy) is 1. The lowest BCUT2D eigenvalue weighted by Gasteiger charge is -2.33. The van der Waals surface area contributed by atoms with Crippen molar-refractivity contribution in [2.75, 3.05) is 19.6 Å². The van der Waals surface area contributed by atoms with Crippen molar-refractivity contribution in [3.63, 3.8) is 0 Å². The number of fused-ring (bicyclic) bond motifs is 1. The van der Waals surface area contributed by atoms with Crippen molar-refractivity contribution in [3.05, 3.63) is 29.8 Å². The number of hydrogen-bond acceptors (Lipinski definition) is 3. The van der Waals surface area contributed by atoms with E-state index < -0.39 is 0 Å². The first-order valence-corrected chi connectivity index (χ1v) is 8.47. The van der Waals surface area contributed by atoms with Crippen molar-refractivity contribution in [1.82, 2.24) is 10.2 Å². The van der Waals surface area contributed by atoms with Gasteiger partial charge in [-0.15, -0.1) is 0 Å². The first kappa shape index (κ1) is 14.9. The third-order valence-corrected chi connectivity index (χ3v) is 4.86. The zero-order valence-corrected chi connectivity index (χ0v) is 13.3. The lowest BCUT2D eigenvalue weighted by molar-refractivity contribution is 0.133. The van der Waals surface area contributed by atoms with Gasteiger partial charge in [0.25, 0.3) is 0 Å². The van der Waals surface area contributed by atoms with E-state index >= 15 is 0 Å². The van der Waals surface area contributed by atoms with Crippen LogP contribution in [0.3, 0.4) is 0 Å². The molecule has 0 saturated carbocycles. The summed E-state index contributed by atoms with van der Waals surface area (Å²) in [6.45, 7) is 8.04. The Morgan fingerprint density at radius 3 is 2.86 bits per heavy atom. The first-order valence-electron chi connectivity index (χ1n) is 8.47. The van der Waals surface area contributed by atoms with Gasteiger partial charge in [-0.1, -0.05) is 25.1 Å². The van der Waals surface area contributed by atoms with Crippen molar-refractivity contribution < 1.29 is 4.74 Å². The Labute approximate surface area is 128 Å². The Kier molecular flexibility index (Phi) is 4.81. The Balaban J connectivity index is 1.55. The van der Waals surface area contributed by atoms with Crippen LogP contribution >= 0.6 is 0 Å². The molecular formula is C18H28N2O. The zero-order chi connectivity index (χ0) is 14.7. The van der Waals surface area contributed by atoms with Crippen LogP contribution < -0.4 is 10.1 Å². The molecule has 2 aliphatic heterocycles. The van der Waals surface area contributed by atoms with Gasteiger partial charge in [-0.25, -0.2) is 0 Å². The number of benzene rings is 1. The highest BCUT2D eigenvalue weighted by Gasteiger charge is 2.26. The minimum Gasteiger partial charge on any atom is -0.488 e. The molecule has 0 aromatic heterocycles. The molecule has 0 amide bonds. The van der Waals surface area contributed by atoms with E-state index in [0.717, 1.165) is 18.7 Å². The molecule has 2 aliphatic rings. The molecule has 3 heteroatoms. The summed E-state index contributed by atoms with van der Waals surface area (Å²) >= 11 is 0. The van der Waals surface area contributed by atoms with Crippen LogP contribution in [0.2, 0.25) is 0 Å². The number of nitrogens with zero attached hydrogens (tertiary/aromatic N) is 1. The molecule has 1 N–H and O–H groups in total. The molecule has 1 aromatic carbocycles. The molecule has 0 spiro atoms. The fourth-order valence-corrected chi connectivity index (χ4v) is 3.54. The molecule has 3 rings (SSSR count). The summed E-state index contributed by atoms with van der Waals surface area (Å²) in [5.41, 5.74) is 1.37. The molecule has 1 saturated heterocycles. The van der Waals surface area contributed by atoms with Gasteiger partial charge in [-0.3, -0.25) is 4.90 Å². The second-order valence-electron chi connectivity index (χ2n) is 6.60. The summed E-state index contributed by atoms with van der Waals surface area (Å²) in [4.78, 5) is 2.61. The monoisotopic (exact) mass is 288 g/mol. The molecule has 3 nitrogen and oxygen atoms in total. The van der Waals surface area contributed by atoms with E-state index in [0.29, 0.717) is 18.2 Å². The van der Waals surface area contributed by atoms with Crippen molar-refractivity contribution in [1.29, 1.82) is 0 Å². The summed E-state index contributed by atoms with van der Waals surface area (Å²) in [6, 6.07) is 9.77. The normalized spacial score (nSPS) is 30.3. The molecule has 0 bridgehead atoms. The van der Waals surface area contributed by atoms with Gasteiger partial charge < -0.3 is 10.1 Å². The Hall–Kier alpha value is -1.06. The Bertz CT molecular complexity index is 437. The van der Waals surface area contributed by atoms with Crippen LogP contribution in [0, 0.1) is 0 Å². The van der Waals surface area contributed by atoms with Gasteiger partial charge in [-0.05, 0) is 50.9 Å². The highest BCUT2D eigenvalue weighted by Crippen LogP contribution is 2.28. The highest BCUT2D eigenvalue weighted by molar-refractivity contribution is 5.37. The minimum atomic E-state index is 0.338. The zero-order valence-electron chi connectivity index (χ0n) is 13.3. The lowest BCUT2D eigenvalue weighted by atomic mass is 10.0. The Morgan fingerprint density at radius 1 is 1.24 bits per heavy atom. The summed E-state index contributed by atoms with van der Waals surface area (Å²) in [7, 11) is 0. The van der Waals surface area contributed by atoms with Crippen LogP contribution in [0.1, 0.15) is 38.7 Å². The lowest BCUT2D eigenvalue weighted by Crippen LogP contribution is -2.46. The van der Waals surface area contributed by atoms with Crippen molar-refractivity contribution in [2.24, 2.45) is 0 Å². The molecule has 1 fully saturated rings. The summed E-state index contributed by atoms with van der Waals surface area (Å²) in [5, 5.41) is 3.74. The van der Waals surface area contributed by atoms with Crippen LogP contribution in [0.5, 0.6) is 5.75 Å². The Morgan fingerprint density at radius 2 is 2.05 bits per heavy atom. The maximum atomic E-state index is 6.10. The number of hydrogen-bond donors (Lipinski definition) is 1.